The van der Waals surface area contributed by atoms with Crippen molar-refractivity contribution in [1.29, 1.82) is 0 Å². The molecule has 0 aliphatic rings. The molecule has 0 spiro atoms. The number of carbonyl (C=O) groups excluding carboxylic acids is 8. The molecule has 23 heteroatoms. The number of fused-ring (bicyclic) bond motifs is 1. The first-order valence-corrected chi connectivity index (χ1v) is 25.6. The van der Waals surface area contributed by atoms with E-state index in [1.54, 1.807) is 92.0 Å². The summed E-state index contributed by atoms with van der Waals surface area (Å²) in [5.41, 5.74) is 14.5. The van der Waals surface area contributed by atoms with Crippen LogP contribution in [0.5, 0.6) is 5.75 Å². The zero-order valence-electron chi connectivity index (χ0n) is 44.0. The van der Waals surface area contributed by atoms with Crippen molar-refractivity contribution in [2.75, 3.05) is 13.6 Å². The number of H-pyrrole nitrogens is 1. The molecule has 0 radical (unpaired) electrons. The van der Waals surface area contributed by atoms with E-state index >= 15 is 0 Å². The summed E-state index contributed by atoms with van der Waals surface area (Å²) in [5, 5.41) is 45.0. The smallest absolute Gasteiger partial charge is 0.305 e. The second-order valence-electron chi connectivity index (χ2n) is 19.1. The van der Waals surface area contributed by atoms with E-state index in [1.807, 2.05) is 13.0 Å². The second-order valence-corrected chi connectivity index (χ2v) is 19.1. The Bertz CT molecular complexity index is 2940. The van der Waals surface area contributed by atoms with Crippen molar-refractivity contribution < 1.29 is 63.3 Å². The van der Waals surface area contributed by atoms with Gasteiger partial charge in [0.1, 0.15) is 42.0 Å². The normalized spacial score (nSPS) is 14.1. The lowest BCUT2D eigenvalue weighted by Crippen LogP contribution is -2.59. The number of aromatic amines is 1. The fourth-order valence-electron chi connectivity index (χ4n) is 8.79. The number of aromatic hydroxyl groups is 1. The first-order valence-electron chi connectivity index (χ1n) is 25.6. The van der Waals surface area contributed by atoms with E-state index in [-0.39, 0.29) is 31.4 Å². The maximum atomic E-state index is 14.8. The number of phenols is 1. The molecule has 1 heterocycles. The number of amides is 8. The zero-order chi connectivity index (χ0) is 57.8. The van der Waals surface area contributed by atoms with Crippen molar-refractivity contribution in [3.05, 3.63) is 138 Å². The number of phenolic OH excluding ortho intramolecular Hbond substituents is 1. The number of benzene rings is 4. The van der Waals surface area contributed by atoms with Gasteiger partial charge in [0.25, 0.3) is 0 Å². The molecule has 0 aliphatic carbocycles. The Hall–Kier alpha value is -9.12. The van der Waals surface area contributed by atoms with Crippen LogP contribution in [0.15, 0.2) is 115 Å². The highest BCUT2D eigenvalue weighted by Crippen LogP contribution is 2.22. The molecule has 79 heavy (non-hydrogen) atoms. The van der Waals surface area contributed by atoms with E-state index in [0.717, 1.165) is 10.4 Å². The largest absolute Gasteiger partial charge is 0.508 e. The minimum Gasteiger partial charge on any atom is -0.508 e. The number of nitrogens with zero attached hydrogens (tertiary/aromatic N) is 1. The van der Waals surface area contributed by atoms with Crippen LogP contribution in [-0.4, -0.2) is 140 Å². The van der Waals surface area contributed by atoms with Crippen LogP contribution in [0.1, 0.15) is 74.1 Å². The number of para-hydroxylation sites is 1. The minimum atomic E-state index is -1.72. The lowest BCUT2D eigenvalue weighted by Gasteiger charge is -2.32. The number of unbranched alkanes of at least 4 members (excludes halogenated alkanes) is 1. The van der Waals surface area contributed by atoms with Gasteiger partial charge in [0.05, 0.1) is 25.4 Å². The first-order chi connectivity index (χ1) is 37.6. The van der Waals surface area contributed by atoms with E-state index in [2.05, 4.69) is 36.9 Å². The third-order valence-electron chi connectivity index (χ3n) is 13.2. The number of aliphatic carboxylic acids is 2. The van der Waals surface area contributed by atoms with Crippen molar-refractivity contribution in [3.63, 3.8) is 0 Å². The highest BCUT2D eigenvalue weighted by molar-refractivity contribution is 5.98. The van der Waals surface area contributed by atoms with Crippen LogP contribution in [0.25, 0.3) is 10.9 Å². The number of nitrogens with two attached hydrogens (primary N) is 2. The molecule has 420 valence electrons. The number of rotatable bonds is 30. The second kappa shape index (κ2) is 29.4. The molecule has 5 aromatic rings. The topological polar surface area (TPSA) is 375 Å². The number of carboxylic acid groups (broad SMARTS) is 2. The molecule has 0 unspecified atom stereocenters. The predicted octanol–water partition coefficient (Wildman–Crippen LogP) is 1.02. The van der Waals surface area contributed by atoms with Crippen LogP contribution >= 0.6 is 0 Å². The number of hydrogen-bond acceptors (Lipinski definition) is 12. The summed E-state index contributed by atoms with van der Waals surface area (Å²) < 4.78 is 0. The average molecular weight is 1090 g/mol. The van der Waals surface area contributed by atoms with Gasteiger partial charge in [-0.25, -0.2) is 0 Å². The van der Waals surface area contributed by atoms with Crippen LogP contribution in [-0.2, 0) is 67.2 Å². The van der Waals surface area contributed by atoms with Crippen molar-refractivity contribution in [3.8, 4) is 5.75 Å². The number of primary amides is 1. The summed E-state index contributed by atoms with van der Waals surface area (Å²) in [5.74, 6) is -10.8. The van der Waals surface area contributed by atoms with E-state index < -0.39 is 127 Å². The third kappa shape index (κ3) is 18.3. The molecule has 0 fully saturated rings. The summed E-state index contributed by atoms with van der Waals surface area (Å²) in [6.45, 7) is 2.75. The number of nitrogens with one attached hydrogen (secondary N) is 7. The summed E-state index contributed by atoms with van der Waals surface area (Å²) in [4.78, 5) is 139. The van der Waals surface area contributed by atoms with Crippen LogP contribution in [0.2, 0.25) is 0 Å². The van der Waals surface area contributed by atoms with Crippen LogP contribution in [0, 0.1) is 0 Å². The Kier molecular flexibility index (Phi) is 22.6. The highest BCUT2D eigenvalue weighted by Gasteiger charge is 2.37. The van der Waals surface area contributed by atoms with Crippen molar-refractivity contribution in [1.82, 2.24) is 41.8 Å². The maximum Gasteiger partial charge on any atom is 0.305 e. The van der Waals surface area contributed by atoms with Crippen LogP contribution in [0.3, 0.4) is 0 Å². The van der Waals surface area contributed by atoms with Gasteiger partial charge in [-0.2, -0.15) is 0 Å². The summed E-state index contributed by atoms with van der Waals surface area (Å²) in [6, 6.07) is 20.0. The van der Waals surface area contributed by atoms with E-state index in [1.165, 1.54) is 31.3 Å². The third-order valence-corrected chi connectivity index (χ3v) is 13.2. The highest BCUT2D eigenvalue weighted by atomic mass is 16.4. The summed E-state index contributed by atoms with van der Waals surface area (Å²) in [7, 11) is 1.32. The Labute approximate surface area is 455 Å². The van der Waals surface area contributed by atoms with Gasteiger partial charge in [-0.05, 0) is 46.9 Å². The molecule has 0 aliphatic heterocycles. The first kappa shape index (κ1) is 60.7. The molecule has 0 saturated carbocycles. The van der Waals surface area contributed by atoms with Gasteiger partial charge in [-0.15, -0.1) is 0 Å². The van der Waals surface area contributed by atoms with Crippen LogP contribution in [0.4, 0.5) is 0 Å². The monoisotopic (exact) mass is 1090 g/mol. The number of carbonyl (C=O) groups is 10. The SMILES string of the molecule is CCCC[C@@H](C(=O)N[C@@H](CC(=O)O)C(=O)N[C@@H](Cc1ccccc1)C(N)=O)N(C)C(=O)[C@H](Cc1c[nH]c2ccccc12)NC(=O)CNC(=O)[C@H](NC(=O)[C@H](Cc1ccc(O)cc1)NC(=O)[C@@H](N)CC(=O)O)[C@H](C)c1ccccc1. The van der Waals surface area contributed by atoms with Crippen molar-refractivity contribution in [2.45, 2.75) is 113 Å². The van der Waals surface area contributed by atoms with E-state index in [0.29, 0.717) is 40.5 Å². The number of aromatic nitrogens is 1. The Balaban J connectivity index is 1.39. The minimum absolute atomic E-state index is 0.0255. The van der Waals surface area contributed by atoms with Gasteiger partial charge in [0.15, 0.2) is 0 Å². The van der Waals surface area contributed by atoms with Gasteiger partial charge in [0, 0.05) is 49.3 Å². The van der Waals surface area contributed by atoms with E-state index in [9.17, 15) is 63.3 Å². The maximum absolute atomic E-state index is 14.8. The van der Waals surface area contributed by atoms with Crippen molar-refractivity contribution in [2.24, 2.45) is 11.5 Å². The molecule has 1 aromatic heterocycles. The zero-order valence-corrected chi connectivity index (χ0v) is 44.0. The fourth-order valence-corrected chi connectivity index (χ4v) is 8.79. The quantitative estimate of drug-likeness (QED) is 0.0306. The molecule has 8 amide bonds. The Morgan fingerprint density at radius 2 is 1.19 bits per heavy atom. The molecule has 23 nitrogen and oxygen atoms in total. The molecular weight excluding hydrogens is 1020 g/mol. The number of hydrogen-bond donors (Lipinski definition) is 12. The van der Waals surface area contributed by atoms with Gasteiger partial charge < -0.3 is 68.6 Å². The van der Waals surface area contributed by atoms with E-state index in [4.69, 9.17) is 11.5 Å². The lowest BCUT2D eigenvalue weighted by molar-refractivity contribution is -0.144. The fraction of sp³-hybridized carbons (Fsp3) is 0.357. The van der Waals surface area contributed by atoms with Gasteiger partial charge in [0.2, 0.25) is 47.3 Å². The summed E-state index contributed by atoms with van der Waals surface area (Å²) >= 11 is 0. The molecule has 8 atom stereocenters. The van der Waals surface area contributed by atoms with Crippen molar-refractivity contribution >= 4 is 70.1 Å². The molecule has 14 N–H and O–H groups in total. The molecule has 0 bridgehead atoms. The molecular formula is C56H68N10O13. The van der Waals surface area contributed by atoms with Crippen LogP contribution < -0.4 is 43.4 Å². The molecule has 5 rings (SSSR count). The Morgan fingerprint density at radius 3 is 1.82 bits per heavy atom. The average Bonchev–Trinajstić information content (AvgIpc) is 3.85. The number of likely N-dealkylation sites (N-methyl/N-ethyl adjacent to an activating group) is 1. The Morgan fingerprint density at radius 1 is 0.620 bits per heavy atom. The standard InChI is InChI=1S/C56H68N10O13/c1-4-5-20-45(54(77)64-43(29-48(71)72)52(75)62-41(50(58)73)25-33-14-8-6-9-15-33)66(3)56(79)44(27-36-30-59-40-19-13-12-18-38(36)40)61-46(68)31-60-55(78)49(32(2)35-16-10-7-11-17-35)65-53(76)42(26-34-21-23-37(67)24-22-34)63-51(74)39(57)28-47(69)70/h6-19,21-24,30,32,39,41-45,49,59,67H,4-5,20,25-29,31,57H2,1-3H3,(H2,58,73)(H,60,78)(H,61,68)(H,62,75)(H,63,74)(H,64,77)(H,65,76)(H,69,70)(H,71,72)/t32-,39+,41+,42+,43+,44+,45+,49-/m1/s1. The molecule has 4 aromatic carbocycles. The van der Waals surface area contributed by atoms with Gasteiger partial charge in [-0.3, -0.25) is 47.9 Å². The van der Waals surface area contributed by atoms with Gasteiger partial charge in [-0.1, -0.05) is 118 Å². The number of carboxylic acids is 2. The summed E-state index contributed by atoms with van der Waals surface area (Å²) in [6.07, 6.45) is 0.649. The molecule has 0 saturated heterocycles. The lowest BCUT2D eigenvalue weighted by atomic mass is 9.92. The van der Waals surface area contributed by atoms with Gasteiger partial charge >= 0.3 is 11.9 Å². The predicted molar refractivity (Wildman–Crippen MR) is 289 cm³/mol.